The number of rotatable bonds is 4. The van der Waals surface area contributed by atoms with Gasteiger partial charge in [0.1, 0.15) is 5.82 Å². The Morgan fingerprint density at radius 2 is 2.05 bits per heavy atom. The fraction of sp³-hybridized carbons (Fsp3) is 0.625. The maximum atomic E-state index is 6.01. The van der Waals surface area contributed by atoms with Crippen molar-refractivity contribution < 1.29 is 0 Å². The van der Waals surface area contributed by atoms with E-state index >= 15 is 0 Å². The molecule has 0 amide bonds. The predicted molar refractivity (Wildman–Crippen MR) is 88.5 cm³/mol. The highest BCUT2D eigenvalue weighted by atomic mass is 15.1. The first-order valence-electron chi connectivity index (χ1n) is 7.84. The van der Waals surface area contributed by atoms with Crippen molar-refractivity contribution in [3.63, 3.8) is 0 Å². The van der Waals surface area contributed by atoms with Crippen molar-refractivity contribution in [2.75, 3.05) is 19.0 Å². The van der Waals surface area contributed by atoms with Crippen LogP contribution in [-0.2, 0) is 6.54 Å². The second kappa shape index (κ2) is 7.86. The van der Waals surface area contributed by atoms with Crippen molar-refractivity contribution in [3.8, 4) is 0 Å². The van der Waals surface area contributed by atoms with Crippen molar-refractivity contribution in [1.29, 1.82) is 0 Å². The first kappa shape index (κ1) is 15.6. The lowest BCUT2D eigenvalue weighted by Gasteiger charge is -2.16. The molecule has 1 aliphatic carbocycles. The van der Waals surface area contributed by atoms with Gasteiger partial charge in [0.15, 0.2) is 5.96 Å². The van der Waals surface area contributed by atoms with Gasteiger partial charge in [-0.25, -0.2) is 9.98 Å². The summed E-state index contributed by atoms with van der Waals surface area (Å²) >= 11 is 0. The third-order valence-corrected chi connectivity index (χ3v) is 3.91. The summed E-state index contributed by atoms with van der Waals surface area (Å²) in [6.45, 7) is 0.592. The molecule has 3 N–H and O–H groups in total. The molecule has 21 heavy (non-hydrogen) atoms. The highest BCUT2D eigenvalue weighted by Gasteiger charge is 2.12. The summed E-state index contributed by atoms with van der Waals surface area (Å²) in [7, 11) is 3.97. The van der Waals surface area contributed by atoms with Crippen LogP contribution in [-0.4, -0.2) is 31.1 Å². The van der Waals surface area contributed by atoms with E-state index in [2.05, 4.69) is 15.3 Å². The molecule has 1 aromatic rings. The van der Waals surface area contributed by atoms with Crippen molar-refractivity contribution >= 4 is 11.8 Å². The molecule has 5 nitrogen and oxygen atoms in total. The van der Waals surface area contributed by atoms with E-state index in [1.807, 2.05) is 37.3 Å². The largest absolute Gasteiger partial charge is 0.370 e. The molecule has 1 aromatic heterocycles. The summed E-state index contributed by atoms with van der Waals surface area (Å²) in [5.41, 5.74) is 7.14. The molecular weight excluding hydrogens is 262 g/mol. The van der Waals surface area contributed by atoms with E-state index in [0.29, 0.717) is 18.5 Å². The summed E-state index contributed by atoms with van der Waals surface area (Å²) in [5.74, 6) is 1.50. The smallest absolute Gasteiger partial charge is 0.189 e. The fourth-order valence-electron chi connectivity index (χ4n) is 2.66. The van der Waals surface area contributed by atoms with E-state index in [4.69, 9.17) is 5.73 Å². The van der Waals surface area contributed by atoms with Gasteiger partial charge in [-0.15, -0.1) is 0 Å². The SMILES string of the molecule is CN(C)c1cc(CN=C(N)NC2CCCCCC2)ccn1. The van der Waals surface area contributed by atoms with E-state index in [9.17, 15) is 0 Å². The molecule has 1 fully saturated rings. The molecule has 1 aliphatic rings. The Balaban J connectivity index is 1.88. The number of hydrogen-bond donors (Lipinski definition) is 2. The minimum Gasteiger partial charge on any atom is -0.370 e. The van der Waals surface area contributed by atoms with Gasteiger partial charge < -0.3 is 16.0 Å². The first-order valence-corrected chi connectivity index (χ1v) is 7.84. The van der Waals surface area contributed by atoms with E-state index in [1.54, 1.807) is 0 Å². The van der Waals surface area contributed by atoms with Crippen LogP contribution in [0, 0.1) is 0 Å². The van der Waals surface area contributed by atoms with Crippen LogP contribution in [0.3, 0.4) is 0 Å². The molecule has 0 saturated heterocycles. The van der Waals surface area contributed by atoms with Gasteiger partial charge in [-0.05, 0) is 30.5 Å². The Morgan fingerprint density at radius 1 is 1.33 bits per heavy atom. The predicted octanol–water partition coefficient (Wildman–Crippen LogP) is 2.27. The average molecular weight is 289 g/mol. The van der Waals surface area contributed by atoms with E-state index in [1.165, 1.54) is 38.5 Å². The van der Waals surface area contributed by atoms with Gasteiger partial charge in [0.25, 0.3) is 0 Å². The monoisotopic (exact) mass is 289 g/mol. The second-order valence-electron chi connectivity index (χ2n) is 5.95. The van der Waals surface area contributed by atoms with Crippen LogP contribution in [0.1, 0.15) is 44.1 Å². The van der Waals surface area contributed by atoms with Gasteiger partial charge in [0.05, 0.1) is 6.54 Å². The Bertz CT molecular complexity index is 461. The summed E-state index contributed by atoms with van der Waals surface area (Å²) in [6.07, 6.45) is 9.50. The average Bonchev–Trinajstić information content (AvgIpc) is 2.74. The molecule has 1 saturated carbocycles. The Labute approximate surface area is 127 Å². The number of guanidine groups is 1. The molecule has 5 heteroatoms. The van der Waals surface area contributed by atoms with Crippen molar-refractivity contribution in [2.24, 2.45) is 10.7 Å². The molecule has 0 spiro atoms. The summed E-state index contributed by atoms with van der Waals surface area (Å²) in [6, 6.07) is 4.52. The molecule has 0 aliphatic heterocycles. The van der Waals surface area contributed by atoms with Crippen molar-refractivity contribution in [1.82, 2.24) is 10.3 Å². The maximum Gasteiger partial charge on any atom is 0.189 e. The number of anilines is 1. The number of aromatic nitrogens is 1. The Morgan fingerprint density at radius 3 is 2.71 bits per heavy atom. The molecule has 0 radical (unpaired) electrons. The number of pyridine rings is 1. The molecule has 0 unspecified atom stereocenters. The van der Waals surface area contributed by atoms with Crippen molar-refractivity contribution in [2.45, 2.75) is 51.1 Å². The van der Waals surface area contributed by atoms with Crippen LogP contribution in [0.25, 0.3) is 0 Å². The third-order valence-electron chi connectivity index (χ3n) is 3.91. The van der Waals surface area contributed by atoms with Gasteiger partial charge in [0, 0.05) is 26.3 Å². The van der Waals surface area contributed by atoms with Crippen LogP contribution >= 0.6 is 0 Å². The van der Waals surface area contributed by atoms with Gasteiger partial charge >= 0.3 is 0 Å². The van der Waals surface area contributed by atoms with Gasteiger partial charge in [0.2, 0.25) is 0 Å². The van der Waals surface area contributed by atoms with Crippen LogP contribution in [0.4, 0.5) is 5.82 Å². The maximum absolute atomic E-state index is 6.01. The molecule has 2 rings (SSSR count). The molecule has 1 heterocycles. The standard InChI is InChI=1S/C16H27N5/c1-21(2)15-11-13(9-10-18-15)12-19-16(17)20-14-7-5-3-4-6-8-14/h9-11,14H,3-8,12H2,1-2H3,(H3,17,19,20). The topological polar surface area (TPSA) is 66.5 Å². The molecular formula is C16H27N5. The number of nitrogens with two attached hydrogens (primary N) is 1. The first-order chi connectivity index (χ1) is 10.1. The van der Waals surface area contributed by atoms with Gasteiger partial charge in [-0.2, -0.15) is 0 Å². The van der Waals surface area contributed by atoms with Crippen LogP contribution in [0.15, 0.2) is 23.3 Å². The Kier molecular flexibility index (Phi) is 5.84. The highest BCUT2D eigenvalue weighted by Crippen LogP contribution is 2.17. The van der Waals surface area contributed by atoms with Gasteiger partial charge in [-0.1, -0.05) is 25.7 Å². The minimum atomic E-state index is 0.492. The second-order valence-corrected chi connectivity index (χ2v) is 5.95. The Hall–Kier alpha value is -1.78. The summed E-state index contributed by atoms with van der Waals surface area (Å²) < 4.78 is 0. The number of nitrogens with one attached hydrogen (secondary N) is 1. The zero-order valence-corrected chi connectivity index (χ0v) is 13.2. The van der Waals surface area contributed by atoms with Crippen LogP contribution < -0.4 is 16.0 Å². The van der Waals surface area contributed by atoms with Crippen LogP contribution in [0.2, 0.25) is 0 Å². The fourth-order valence-corrected chi connectivity index (χ4v) is 2.66. The molecule has 0 aromatic carbocycles. The number of nitrogens with zero attached hydrogens (tertiary/aromatic N) is 3. The molecule has 116 valence electrons. The normalized spacial score (nSPS) is 17.3. The van der Waals surface area contributed by atoms with E-state index in [0.717, 1.165) is 11.4 Å². The number of hydrogen-bond acceptors (Lipinski definition) is 3. The van der Waals surface area contributed by atoms with Gasteiger partial charge in [-0.3, -0.25) is 0 Å². The lowest BCUT2D eigenvalue weighted by Crippen LogP contribution is -2.39. The van der Waals surface area contributed by atoms with Crippen molar-refractivity contribution in [3.05, 3.63) is 23.9 Å². The lowest BCUT2D eigenvalue weighted by atomic mass is 10.1. The van der Waals surface area contributed by atoms with E-state index in [-0.39, 0.29) is 0 Å². The number of aliphatic imine (C=N–C) groups is 1. The quantitative estimate of drug-likeness (QED) is 0.507. The highest BCUT2D eigenvalue weighted by molar-refractivity contribution is 5.78. The zero-order chi connectivity index (χ0) is 15.1. The summed E-state index contributed by atoms with van der Waals surface area (Å²) in [5, 5.41) is 3.37. The third kappa shape index (κ3) is 5.25. The van der Waals surface area contributed by atoms with E-state index < -0.39 is 0 Å². The molecule has 0 bridgehead atoms. The van der Waals surface area contributed by atoms with Crippen LogP contribution in [0.5, 0.6) is 0 Å². The minimum absolute atomic E-state index is 0.492. The summed E-state index contributed by atoms with van der Waals surface area (Å²) in [4.78, 5) is 10.7. The lowest BCUT2D eigenvalue weighted by molar-refractivity contribution is 0.530. The molecule has 0 atom stereocenters. The zero-order valence-electron chi connectivity index (χ0n) is 13.2.